The number of fused-ring (bicyclic) bond motifs is 2. The fourth-order valence-electron chi connectivity index (χ4n) is 3.83. The first-order valence-electron chi connectivity index (χ1n) is 8.20. The molecule has 3 fully saturated rings. The number of likely N-dealkylation sites (tertiary alicyclic amines) is 1. The topological polar surface area (TPSA) is 75.4 Å². The number of rotatable bonds is 3. The molecule has 0 aromatic carbocycles. The third-order valence-corrected chi connectivity index (χ3v) is 5.35. The molecule has 8 heteroatoms. The third-order valence-electron chi connectivity index (χ3n) is 5.16. The Morgan fingerprint density at radius 3 is 2.67 bits per heavy atom. The summed E-state index contributed by atoms with van der Waals surface area (Å²) in [7, 11) is 0. The summed E-state index contributed by atoms with van der Waals surface area (Å²) in [6, 6.07) is 0.438. The average Bonchev–Trinajstić information content (AvgIpc) is 3.03. The summed E-state index contributed by atoms with van der Waals surface area (Å²) in [6.07, 6.45) is 7.86. The summed E-state index contributed by atoms with van der Waals surface area (Å²) in [5.41, 5.74) is 1.47. The zero-order chi connectivity index (χ0) is 16.3. The molecule has 1 amide bonds. The quantitative estimate of drug-likeness (QED) is 0.848. The molecule has 0 spiro atoms. The number of carbonyl (C=O) groups is 1. The van der Waals surface area contributed by atoms with E-state index in [-0.39, 0.29) is 18.0 Å². The highest BCUT2D eigenvalue weighted by Crippen LogP contribution is 2.42. The average molecular weight is 346 g/mol. The number of piperazine rings is 1. The zero-order valence-electron chi connectivity index (χ0n) is 12.9. The molecule has 2 aliphatic heterocycles. The van der Waals surface area contributed by atoms with E-state index >= 15 is 0 Å². The van der Waals surface area contributed by atoms with Gasteiger partial charge in [0.15, 0.2) is 0 Å². The van der Waals surface area contributed by atoms with Crippen LogP contribution in [0.4, 0.5) is 5.95 Å². The molecule has 2 bridgehead atoms. The molecule has 24 heavy (non-hydrogen) atoms. The maximum absolute atomic E-state index is 12.9. The van der Waals surface area contributed by atoms with Crippen LogP contribution in [0.5, 0.6) is 0 Å². The lowest BCUT2D eigenvalue weighted by atomic mass is 10.1. The fraction of sp³-hybridized carbons (Fsp3) is 0.500. The molecule has 2 saturated heterocycles. The van der Waals surface area contributed by atoms with Crippen molar-refractivity contribution in [2.24, 2.45) is 0 Å². The highest BCUT2D eigenvalue weighted by Gasteiger charge is 2.47. The van der Waals surface area contributed by atoms with Crippen LogP contribution in [0.3, 0.4) is 0 Å². The van der Waals surface area contributed by atoms with Crippen LogP contribution in [-0.2, 0) is 0 Å². The van der Waals surface area contributed by atoms with E-state index in [1.165, 1.54) is 6.26 Å². The van der Waals surface area contributed by atoms with E-state index < -0.39 is 0 Å². The molecule has 3 aliphatic rings. The van der Waals surface area contributed by atoms with Crippen LogP contribution in [0.2, 0.25) is 5.02 Å². The number of amides is 1. The molecule has 4 heterocycles. The Bertz CT molecular complexity index is 788. The second-order valence-electron chi connectivity index (χ2n) is 6.74. The van der Waals surface area contributed by atoms with E-state index in [4.69, 9.17) is 16.1 Å². The number of carbonyl (C=O) groups excluding carboxylic acids is 1. The van der Waals surface area contributed by atoms with Gasteiger partial charge in [0.25, 0.3) is 5.91 Å². The minimum atomic E-state index is 0.0438. The number of aromatic nitrogens is 3. The van der Waals surface area contributed by atoms with Gasteiger partial charge in [-0.1, -0.05) is 16.8 Å². The van der Waals surface area contributed by atoms with Gasteiger partial charge in [0.2, 0.25) is 5.95 Å². The van der Waals surface area contributed by atoms with Crippen molar-refractivity contribution in [1.82, 2.24) is 20.0 Å². The third kappa shape index (κ3) is 2.18. The summed E-state index contributed by atoms with van der Waals surface area (Å²) in [6.45, 7) is 1.44. The molecule has 0 N–H and O–H groups in total. The van der Waals surface area contributed by atoms with Crippen LogP contribution < -0.4 is 4.90 Å². The number of nitrogens with zero attached hydrogens (tertiary/aromatic N) is 5. The van der Waals surface area contributed by atoms with Crippen molar-refractivity contribution in [2.75, 3.05) is 18.0 Å². The highest BCUT2D eigenvalue weighted by molar-refractivity contribution is 6.30. The first kappa shape index (κ1) is 14.2. The molecule has 5 rings (SSSR count). The van der Waals surface area contributed by atoms with Crippen molar-refractivity contribution < 1.29 is 9.32 Å². The number of halogens is 1. The molecule has 1 aliphatic carbocycles. The summed E-state index contributed by atoms with van der Waals surface area (Å²) >= 11 is 5.85. The van der Waals surface area contributed by atoms with Gasteiger partial charge in [0.1, 0.15) is 11.8 Å². The molecule has 2 aromatic heterocycles. The SMILES string of the molecule is O=C(c1conc1C1CC1)N1C[C@@H]2C[C@H]1CN2c1ncc(Cl)cn1. The number of anilines is 1. The van der Waals surface area contributed by atoms with Crippen LogP contribution in [0.15, 0.2) is 23.2 Å². The van der Waals surface area contributed by atoms with Gasteiger partial charge < -0.3 is 14.3 Å². The van der Waals surface area contributed by atoms with Gasteiger partial charge in [-0.2, -0.15) is 0 Å². The molecular formula is C16H16ClN5O2. The van der Waals surface area contributed by atoms with Crippen molar-refractivity contribution in [2.45, 2.75) is 37.3 Å². The molecule has 0 unspecified atom stereocenters. The Morgan fingerprint density at radius 1 is 1.21 bits per heavy atom. The first-order chi connectivity index (χ1) is 11.7. The second kappa shape index (κ2) is 5.17. The molecule has 0 radical (unpaired) electrons. The molecule has 124 valence electrons. The minimum Gasteiger partial charge on any atom is -0.364 e. The Morgan fingerprint density at radius 2 is 2.00 bits per heavy atom. The minimum absolute atomic E-state index is 0.0438. The monoisotopic (exact) mass is 345 g/mol. The smallest absolute Gasteiger partial charge is 0.259 e. The second-order valence-corrected chi connectivity index (χ2v) is 7.18. The van der Waals surface area contributed by atoms with E-state index in [1.807, 2.05) is 4.90 Å². The van der Waals surface area contributed by atoms with E-state index in [1.54, 1.807) is 12.4 Å². The largest absolute Gasteiger partial charge is 0.364 e. The maximum Gasteiger partial charge on any atom is 0.259 e. The molecular weight excluding hydrogens is 330 g/mol. The highest BCUT2D eigenvalue weighted by atomic mass is 35.5. The van der Waals surface area contributed by atoms with Crippen LogP contribution >= 0.6 is 11.6 Å². The van der Waals surface area contributed by atoms with Gasteiger partial charge in [0.05, 0.1) is 35.2 Å². The Labute approximate surface area is 143 Å². The van der Waals surface area contributed by atoms with Crippen molar-refractivity contribution in [3.8, 4) is 0 Å². The molecule has 2 atom stereocenters. The Kier molecular flexibility index (Phi) is 3.06. The maximum atomic E-state index is 12.9. The van der Waals surface area contributed by atoms with Crippen LogP contribution in [0, 0.1) is 0 Å². The van der Waals surface area contributed by atoms with E-state index in [2.05, 4.69) is 20.0 Å². The van der Waals surface area contributed by atoms with Gasteiger partial charge in [-0.25, -0.2) is 9.97 Å². The van der Waals surface area contributed by atoms with Crippen molar-refractivity contribution >= 4 is 23.5 Å². The van der Waals surface area contributed by atoms with Crippen LogP contribution in [-0.4, -0.2) is 51.1 Å². The van der Waals surface area contributed by atoms with Gasteiger partial charge in [-0.15, -0.1) is 0 Å². The van der Waals surface area contributed by atoms with Gasteiger partial charge >= 0.3 is 0 Å². The number of hydrogen-bond acceptors (Lipinski definition) is 6. The Balaban J connectivity index is 1.34. The number of hydrogen-bond donors (Lipinski definition) is 0. The fourth-order valence-corrected chi connectivity index (χ4v) is 3.92. The molecule has 7 nitrogen and oxygen atoms in total. The molecule has 1 saturated carbocycles. The van der Waals surface area contributed by atoms with Crippen molar-refractivity contribution in [1.29, 1.82) is 0 Å². The first-order valence-corrected chi connectivity index (χ1v) is 8.58. The summed E-state index contributed by atoms with van der Waals surface area (Å²) < 4.78 is 5.07. The standard InChI is InChI=1S/C16H16ClN5O2/c17-10-4-18-16(19-5-10)22-7-11-3-12(22)6-21(11)15(23)13-8-24-20-14(13)9-1-2-9/h4-5,8-9,11-12H,1-3,6-7H2/t11-,12-/m0/s1. The predicted octanol–water partition coefficient (Wildman–Crippen LogP) is 2.10. The Hall–Kier alpha value is -2.15. The summed E-state index contributed by atoms with van der Waals surface area (Å²) in [5, 5.41) is 4.57. The van der Waals surface area contributed by atoms with Gasteiger partial charge in [0, 0.05) is 19.0 Å². The van der Waals surface area contributed by atoms with E-state index in [9.17, 15) is 4.79 Å². The van der Waals surface area contributed by atoms with Crippen LogP contribution in [0.1, 0.15) is 41.2 Å². The van der Waals surface area contributed by atoms with Crippen LogP contribution in [0.25, 0.3) is 0 Å². The lowest BCUT2D eigenvalue weighted by molar-refractivity contribution is 0.0723. The normalized spacial score (nSPS) is 25.5. The van der Waals surface area contributed by atoms with Crippen molar-refractivity contribution in [3.05, 3.63) is 34.9 Å². The lowest BCUT2D eigenvalue weighted by Crippen LogP contribution is -2.49. The lowest BCUT2D eigenvalue weighted by Gasteiger charge is -2.34. The van der Waals surface area contributed by atoms with Crippen molar-refractivity contribution in [3.63, 3.8) is 0 Å². The zero-order valence-corrected chi connectivity index (χ0v) is 13.7. The summed E-state index contributed by atoms with van der Waals surface area (Å²) in [4.78, 5) is 25.6. The van der Waals surface area contributed by atoms with Gasteiger partial charge in [-0.05, 0) is 19.3 Å². The molecule has 2 aromatic rings. The summed E-state index contributed by atoms with van der Waals surface area (Å²) in [5.74, 6) is 1.13. The van der Waals surface area contributed by atoms with E-state index in [0.29, 0.717) is 29.0 Å². The van der Waals surface area contributed by atoms with E-state index in [0.717, 1.165) is 31.5 Å². The predicted molar refractivity (Wildman–Crippen MR) is 86.1 cm³/mol. The van der Waals surface area contributed by atoms with Gasteiger partial charge in [-0.3, -0.25) is 4.79 Å².